The lowest BCUT2D eigenvalue weighted by atomic mass is 9.81. The van der Waals surface area contributed by atoms with Gasteiger partial charge in [0.05, 0.1) is 13.2 Å². The molecule has 1 aliphatic rings. The Kier molecular flexibility index (Phi) is 5.73. The Morgan fingerprint density at radius 2 is 2.00 bits per heavy atom. The lowest BCUT2D eigenvalue weighted by Gasteiger charge is -2.42. The molecule has 1 atom stereocenters. The molecule has 0 saturated carbocycles. The second-order valence-electron chi connectivity index (χ2n) is 5.02. The maximum atomic E-state index is 5.97. The van der Waals surface area contributed by atoms with Gasteiger partial charge >= 0.3 is 0 Å². The van der Waals surface area contributed by atoms with Gasteiger partial charge in [0.1, 0.15) is 0 Å². The summed E-state index contributed by atoms with van der Waals surface area (Å²) in [4.78, 5) is 2.59. The zero-order chi connectivity index (χ0) is 12.0. The van der Waals surface area contributed by atoms with E-state index in [0.29, 0.717) is 11.5 Å². The topological polar surface area (TPSA) is 38.5 Å². The Morgan fingerprint density at radius 1 is 1.31 bits per heavy atom. The highest BCUT2D eigenvalue weighted by Crippen LogP contribution is 2.28. The fourth-order valence-electron chi connectivity index (χ4n) is 2.53. The Morgan fingerprint density at radius 3 is 2.50 bits per heavy atom. The number of nitrogens with two attached hydrogens (primary N) is 1. The summed E-state index contributed by atoms with van der Waals surface area (Å²) in [5.74, 6) is 0. The van der Waals surface area contributed by atoms with Gasteiger partial charge in [0, 0.05) is 19.1 Å². The molecule has 0 spiro atoms. The van der Waals surface area contributed by atoms with Gasteiger partial charge in [0.25, 0.3) is 0 Å². The minimum Gasteiger partial charge on any atom is -0.378 e. The van der Waals surface area contributed by atoms with Crippen LogP contribution in [0.25, 0.3) is 0 Å². The third-order valence-electron chi connectivity index (χ3n) is 4.29. The van der Waals surface area contributed by atoms with E-state index >= 15 is 0 Å². The maximum Gasteiger partial charge on any atom is 0.0622 e. The van der Waals surface area contributed by atoms with E-state index < -0.39 is 0 Å². The van der Waals surface area contributed by atoms with Gasteiger partial charge in [0.2, 0.25) is 0 Å². The largest absolute Gasteiger partial charge is 0.378 e. The molecule has 0 radical (unpaired) electrons. The van der Waals surface area contributed by atoms with Crippen LogP contribution >= 0.6 is 0 Å². The monoisotopic (exact) mass is 228 g/mol. The smallest absolute Gasteiger partial charge is 0.0622 e. The molecule has 1 aliphatic heterocycles. The first-order valence-electron chi connectivity index (χ1n) is 6.73. The van der Waals surface area contributed by atoms with E-state index in [0.717, 1.165) is 32.8 Å². The van der Waals surface area contributed by atoms with Crippen molar-refractivity contribution in [3.05, 3.63) is 0 Å². The van der Waals surface area contributed by atoms with Gasteiger partial charge in [-0.2, -0.15) is 0 Å². The molecule has 16 heavy (non-hydrogen) atoms. The van der Waals surface area contributed by atoms with Crippen LogP contribution in [0.5, 0.6) is 0 Å². The van der Waals surface area contributed by atoms with Crippen molar-refractivity contribution in [1.29, 1.82) is 0 Å². The van der Waals surface area contributed by atoms with Crippen molar-refractivity contribution in [3.63, 3.8) is 0 Å². The van der Waals surface area contributed by atoms with Gasteiger partial charge in [0.15, 0.2) is 0 Å². The summed E-state index contributed by atoms with van der Waals surface area (Å²) in [5, 5.41) is 0. The van der Waals surface area contributed by atoms with E-state index in [1.54, 1.807) is 0 Å². The normalized spacial score (nSPS) is 23.6. The SMILES string of the molecule is CCC1COCCN1CC(CC)(CC)CN. The van der Waals surface area contributed by atoms with Crippen LogP contribution in [0.1, 0.15) is 40.0 Å². The summed E-state index contributed by atoms with van der Waals surface area (Å²) in [5.41, 5.74) is 6.29. The molecule has 3 heteroatoms. The highest BCUT2D eigenvalue weighted by molar-refractivity contribution is 4.85. The van der Waals surface area contributed by atoms with E-state index in [2.05, 4.69) is 25.7 Å². The van der Waals surface area contributed by atoms with Gasteiger partial charge in [-0.1, -0.05) is 20.8 Å². The minimum atomic E-state index is 0.310. The van der Waals surface area contributed by atoms with E-state index in [9.17, 15) is 0 Å². The molecule has 1 heterocycles. The van der Waals surface area contributed by atoms with Crippen LogP contribution in [0.4, 0.5) is 0 Å². The van der Waals surface area contributed by atoms with Crippen LogP contribution in [0.3, 0.4) is 0 Å². The summed E-state index contributed by atoms with van der Waals surface area (Å²) in [6.45, 7) is 11.5. The molecule has 0 aromatic carbocycles. The average Bonchev–Trinajstić information content (AvgIpc) is 2.36. The molecule has 1 unspecified atom stereocenters. The fraction of sp³-hybridized carbons (Fsp3) is 1.00. The molecule has 1 fully saturated rings. The summed E-state index contributed by atoms with van der Waals surface area (Å²) in [6, 6.07) is 0.595. The van der Waals surface area contributed by atoms with Crippen molar-refractivity contribution >= 4 is 0 Å². The molecule has 0 aromatic rings. The Hall–Kier alpha value is -0.120. The number of nitrogens with zero attached hydrogens (tertiary/aromatic N) is 1. The third kappa shape index (κ3) is 3.19. The van der Waals surface area contributed by atoms with Crippen molar-refractivity contribution in [2.24, 2.45) is 11.1 Å². The molecule has 96 valence electrons. The summed E-state index contributed by atoms with van der Waals surface area (Å²) in [6.07, 6.45) is 3.52. The van der Waals surface area contributed by atoms with Crippen molar-refractivity contribution in [2.75, 3.05) is 32.8 Å². The van der Waals surface area contributed by atoms with Gasteiger partial charge in [-0.05, 0) is 31.2 Å². The molecular formula is C13H28N2O. The second kappa shape index (κ2) is 6.58. The van der Waals surface area contributed by atoms with Crippen LogP contribution in [0, 0.1) is 5.41 Å². The highest BCUT2D eigenvalue weighted by Gasteiger charge is 2.31. The van der Waals surface area contributed by atoms with Gasteiger partial charge in [-0.15, -0.1) is 0 Å². The zero-order valence-corrected chi connectivity index (χ0v) is 11.2. The van der Waals surface area contributed by atoms with Gasteiger partial charge < -0.3 is 10.5 Å². The first kappa shape index (κ1) is 13.9. The van der Waals surface area contributed by atoms with Gasteiger partial charge in [-0.25, -0.2) is 0 Å². The van der Waals surface area contributed by atoms with E-state index in [4.69, 9.17) is 10.5 Å². The van der Waals surface area contributed by atoms with Crippen LogP contribution in [0.15, 0.2) is 0 Å². The van der Waals surface area contributed by atoms with Gasteiger partial charge in [-0.3, -0.25) is 4.90 Å². The molecule has 0 aliphatic carbocycles. The zero-order valence-electron chi connectivity index (χ0n) is 11.2. The Balaban J connectivity index is 2.61. The highest BCUT2D eigenvalue weighted by atomic mass is 16.5. The van der Waals surface area contributed by atoms with E-state index in [1.807, 2.05) is 0 Å². The number of rotatable bonds is 6. The lowest BCUT2D eigenvalue weighted by molar-refractivity contribution is -0.0284. The van der Waals surface area contributed by atoms with Crippen LogP contribution in [-0.4, -0.2) is 43.8 Å². The predicted molar refractivity (Wildman–Crippen MR) is 68.5 cm³/mol. The second-order valence-corrected chi connectivity index (χ2v) is 5.02. The lowest BCUT2D eigenvalue weighted by Crippen LogP contribution is -2.51. The van der Waals surface area contributed by atoms with Crippen LogP contribution in [-0.2, 0) is 4.74 Å². The number of morpholine rings is 1. The molecule has 1 rings (SSSR count). The average molecular weight is 228 g/mol. The summed E-state index contributed by atoms with van der Waals surface area (Å²) in [7, 11) is 0. The molecule has 3 nitrogen and oxygen atoms in total. The molecule has 2 N–H and O–H groups in total. The van der Waals surface area contributed by atoms with Crippen molar-refractivity contribution in [2.45, 2.75) is 46.1 Å². The minimum absolute atomic E-state index is 0.310. The fourth-order valence-corrected chi connectivity index (χ4v) is 2.53. The first-order chi connectivity index (χ1) is 7.71. The Labute approximate surface area is 100 Å². The quantitative estimate of drug-likeness (QED) is 0.754. The number of hydrogen-bond acceptors (Lipinski definition) is 3. The van der Waals surface area contributed by atoms with Crippen LogP contribution in [0.2, 0.25) is 0 Å². The van der Waals surface area contributed by atoms with Crippen LogP contribution < -0.4 is 5.73 Å². The maximum absolute atomic E-state index is 5.97. The summed E-state index contributed by atoms with van der Waals surface area (Å²) >= 11 is 0. The number of ether oxygens (including phenoxy) is 1. The van der Waals surface area contributed by atoms with E-state index in [-0.39, 0.29) is 0 Å². The predicted octanol–water partition coefficient (Wildman–Crippen LogP) is 1.86. The molecule has 0 amide bonds. The first-order valence-corrected chi connectivity index (χ1v) is 6.73. The summed E-state index contributed by atoms with van der Waals surface area (Å²) < 4.78 is 5.55. The molecule has 0 aromatic heterocycles. The molecular weight excluding hydrogens is 200 g/mol. The number of hydrogen-bond donors (Lipinski definition) is 1. The van der Waals surface area contributed by atoms with Crippen molar-refractivity contribution in [1.82, 2.24) is 4.90 Å². The van der Waals surface area contributed by atoms with Crippen molar-refractivity contribution < 1.29 is 4.74 Å². The van der Waals surface area contributed by atoms with Crippen molar-refractivity contribution in [3.8, 4) is 0 Å². The third-order valence-corrected chi connectivity index (χ3v) is 4.29. The van der Waals surface area contributed by atoms with E-state index in [1.165, 1.54) is 19.3 Å². The standard InChI is InChI=1S/C13H28N2O/c1-4-12-9-16-8-7-15(12)11-13(5-2,6-3)10-14/h12H,4-11,14H2,1-3H3. The molecule has 0 bridgehead atoms. The molecule has 1 saturated heterocycles. The Bertz CT molecular complexity index is 184.